The van der Waals surface area contributed by atoms with Gasteiger partial charge in [-0.15, -0.1) is 0 Å². The topological polar surface area (TPSA) is 35.2 Å². The van der Waals surface area contributed by atoms with Crippen molar-refractivity contribution in [2.24, 2.45) is 23.5 Å². The van der Waals surface area contributed by atoms with E-state index in [-0.39, 0.29) is 11.2 Å². The second-order valence-corrected chi connectivity index (χ2v) is 9.03. The third kappa shape index (κ3) is 2.36. The summed E-state index contributed by atoms with van der Waals surface area (Å²) in [7, 11) is 0. The Hall–Kier alpha value is -0.0800. The molecule has 0 aromatic heterocycles. The zero-order valence-corrected chi connectivity index (χ0v) is 14.5. The normalized spacial score (nSPS) is 47.7. The molecule has 0 radical (unpaired) electrons. The SMILES string of the molecule is CC1(C2CCCCC2)OC2(C3CCCCC3)CCC1C(N)C2. The van der Waals surface area contributed by atoms with Crippen LogP contribution in [0.5, 0.6) is 0 Å². The summed E-state index contributed by atoms with van der Waals surface area (Å²) < 4.78 is 7.13. The molecule has 0 spiro atoms. The second kappa shape index (κ2) is 5.77. The van der Waals surface area contributed by atoms with Gasteiger partial charge in [0.1, 0.15) is 0 Å². The van der Waals surface area contributed by atoms with Gasteiger partial charge in [-0.1, -0.05) is 38.5 Å². The molecule has 2 heterocycles. The Bertz CT molecular complexity index is 381. The van der Waals surface area contributed by atoms with E-state index in [1.165, 1.54) is 77.0 Å². The van der Waals surface area contributed by atoms with Crippen LogP contribution in [-0.2, 0) is 4.74 Å². The summed E-state index contributed by atoms with van der Waals surface area (Å²) in [6, 6.07) is 0.386. The van der Waals surface area contributed by atoms with Gasteiger partial charge >= 0.3 is 0 Å². The van der Waals surface area contributed by atoms with Crippen LogP contribution in [0.15, 0.2) is 0 Å². The molecule has 5 rings (SSSR count). The average molecular weight is 306 g/mol. The first-order valence-electron chi connectivity index (χ1n) is 10.1. The number of hydrogen-bond donors (Lipinski definition) is 1. The Morgan fingerprint density at radius 1 is 0.818 bits per heavy atom. The number of fused-ring (bicyclic) bond motifs is 3. The van der Waals surface area contributed by atoms with Crippen molar-refractivity contribution in [3.05, 3.63) is 0 Å². The predicted molar refractivity (Wildman–Crippen MR) is 90.7 cm³/mol. The van der Waals surface area contributed by atoms with Crippen molar-refractivity contribution >= 4 is 0 Å². The highest BCUT2D eigenvalue weighted by atomic mass is 16.5. The Kier molecular flexibility index (Phi) is 4.05. The third-order valence-corrected chi connectivity index (χ3v) is 7.90. The van der Waals surface area contributed by atoms with Crippen molar-refractivity contribution in [1.29, 1.82) is 0 Å². The van der Waals surface area contributed by atoms with Crippen molar-refractivity contribution in [3.63, 3.8) is 0 Å². The van der Waals surface area contributed by atoms with Gasteiger partial charge in [0.25, 0.3) is 0 Å². The van der Waals surface area contributed by atoms with Gasteiger partial charge in [-0.3, -0.25) is 0 Å². The van der Waals surface area contributed by atoms with Crippen LogP contribution in [0, 0.1) is 17.8 Å². The molecule has 2 heteroatoms. The standard InChI is InChI=1S/C20H35NO/c1-19(15-8-4-2-5-9-15)17-12-13-20(22-19,14-18(17)21)16-10-6-3-7-11-16/h15-18H,2-14,21H2,1H3. The largest absolute Gasteiger partial charge is 0.368 e. The fourth-order valence-electron chi connectivity index (χ4n) is 6.72. The Labute approximate surface area is 136 Å². The molecule has 5 aliphatic rings. The van der Waals surface area contributed by atoms with Gasteiger partial charge in [0.15, 0.2) is 0 Å². The molecule has 2 bridgehead atoms. The highest BCUT2D eigenvalue weighted by Crippen LogP contribution is 2.58. The average Bonchev–Trinajstić information content (AvgIpc) is 2.56. The molecule has 4 unspecified atom stereocenters. The molecule has 0 aromatic rings. The zero-order chi connectivity index (χ0) is 15.2. The van der Waals surface area contributed by atoms with Crippen LogP contribution in [0.25, 0.3) is 0 Å². The van der Waals surface area contributed by atoms with E-state index >= 15 is 0 Å². The fraction of sp³-hybridized carbons (Fsp3) is 1.00. The van der Waals surface area contributed by atoms with E-state index in [0.717, 1.165) is 18.3 Å². The molecule has 126 valence electrons. The van der Waals surface area contributed by atoms with Crippen LogP contribution in [0.2, 0.25) is 0 Å². The van der Waals surface area contributed by atoms with E-state index in [4.69, 9.17) is 10.5 Å². The van der Waals surface area contributed by atoms with Gasteiger partial charge in [-0.05, 0) is 63.7 Å². The summed E-state index contributed by atoms with van der Waals surface area (Å²) in [6.07, 6.45) is 17.8. The smallest absolute Gasteiger partial charge is 0.0733 e. The number of nitrogens with two attached hydrogens (primary N) is 1. The van der Waals surface area contributed by atoms with Gasteiger partial charge in [-0.25, -0.2) is 0 Å². The number of rotatable bonds is 2. The molecule has 5 fully saturated rings. The lowest BCUT2D eigenvalue weighted by atomic mass is 9.56. The van der Waals surface area contributed by atoms with Crippen LogP contribution in [0.3, 0.4) is 0 Å². The lowest BCUT2D eigenvalue weighted by Crippen LogP contribution is -2.69. The number of hydrogen-bond acceptors (Lipinski definition) is 2. The molecule has 4 atom stereocenters. The van der Waals surface area contributed by atoms with E-state index in [0.29, 0.717) is 12.0 Å². The summed E-state index contributed by atoms with van der Waals surface area (Å²) in [6.45, 7) is 2.45. The lowest BCUT2D eigenvalue weighted by Gasteiger charge is -2.64. The number of ether oxygens (including phenoxy) is 1. The Morgan fingerprint density at radius 3 is 2.00 bits per heavy atom. The Morgan fingerprint density at radius 2 is 1.41 bits per heavy atom. The van der Waals surface area contributed by atoms with Gasteiger partial charge in [-0.2, -0.15) is 0 Å². The maximum atomic E-state index is 7.13. The maximum Gasteiger partial charge on any atom is 0.0733 e. The summed E-state index contributed by atoms with van der Waals surface area (Å²) >= 11 is 0. The Balaban J connectivity index is 1.61. The molecule has 3 saturated carbocycles. The van der Waals surface area contributed by atoms with E-state index in [2.05, 4.69) is 6.92 Å². The second-order valence-electron chi connectivity index (χ2n) is 9.03. The quantitative estimate of drug-likeness (QED) is 0.795. The van der Waals surface area contributed by atoms with Crippen LogP contribution >= 0.6 is 0 Å². The summed E-state index contributed by atoms with van der Waals surface area (Å²) in [5.41, 5.74) is 6.93. The fourth-order valence-corrected chi connectivity index (χ4v) is 6.72. The summed E-state index contributed by atoms with van der Waals surface area (Å²) in [4.78, 5) is 0. The van der Waals surface area contributed by atoms with Crippen LogP contribution in [0.4, 0.5) is 0 Å². The van der Waals surface area contributed by atoms with E-state index in [1.807, 2.05) is 0 Å². The molecule has 0 aromatic carbocycles. The van der Waals surface area contributed by atoms with Crippen LogP contribution in [0.1, 0.15) is 90.4 Å². The van der Waals surface area contributed by atoms with Gasteiger partial charge < -0.3 is 10.5 Å². The molecular weight excluding hydrogens is 270 g/mol. The lowest BCUT2D eigenvalue weighted by molar-refractivity contribution is -0.294. The minimum Gasteiger partial charge on any atom is -0.368 e. The molecule has 2 N–H and O–H groups in total. The zero-order valence-electron chi connectivity index (χ0n) is 14.5. The van der Waals surface area contributed by atoms with Crippen molar-refractivity contribution in [1.82, 2.24) is 0 Å². The van der Waals surface area contributed by atoms with Crippen molar-refractivity contribution in [2.75, 3.05) is 0 Å². The minimum atomic E-state index is 0.0772. The molecule has 0 amide bonds. The third-order valence-electron chi connectivity index (χ3n) is 7.90. The molecule has 2 aliphatic heterocycles. The minimum absolute atomic E-state index is 0.0772. The molecular formula is C20H35NO. The maximum absolute atomic E-state index is 7.13. The first-order valence-corrected chi connectivity index (χ1v) is 10.1. The molecule has 3 aliphatic carbocycles. The summed E-state index contributed by atoms with van der Waals surface area (Å²) in [5.74, 6) is 2.17. The highest BCUT2D eigenvalue weighted by molar-refractivity contribution is 5.11. The van der Waals surface area contributed by atoms with E-state index in [9.17, 15) is 0 Å². The summed E-state index contributed by atoms with van der Waals surface area (Å²) in [5, 5.41) is 0. The van der Waals surface area contributed by atoms with E-state index in [1.54, 1.807) is 0 Å². The molecule has 2 saturated heterocycles. The van der Waals surface area contributed by atoms with Crippen molar-refractivity contribution in [3.8, 4) is 0 Å². The van der Waals surface area contributed by atoms with Gasteiger partial charge in [0.2, 0.25) is 0 Å². The van der Waals surface area contributed by atoms with Crippen LogP contribution < -0.4 is 5.73 Å². The first-order chi connectivity index (χ1) is 10.6. The van der Waals surface area contributed by atoms with E-state index < -0.39 is 0 Å². The predicted octanol–water partition coefficient (Wildman–Crippen LogP) is 4.80. The highest BCUT2D eigenvalue weighted by Gasteiger charge is 2.60. The van der Waals surface area contributed by atoms with Crippen molar-refractivity contribution in [2.45, 2.75) is 108 Å². The van der Waals surface area contributed by atoms with Gasteiger partial charge in [0, 0.05) is 12.0 Å². The van der Waals surface area contributed by atoms with Crippen molar-refractivity contribution < 1.29 is 4.74 Å². The first kappa shape index (κ1) is 15.4. The monoisotopic (exact) mass is 305 g/mol. The van der Waals surface area contributed by atoms with Gasteiger partial charge in [0.05, 0.1) is 11.2 Å². The molecule has 2 nitrogen and oxygen atoms in total. The van der Waals surface area contributed by atoms with Crippen LogP contribution in [-0.4, -0.2) is 17.2 Å². The molecule has 22 heavy (non-hydrogen) atoms.